The molecule has 4 nitrogen and oxygen atoms in total. The normalized spacial score (nSPS) is 19.4. The SMILES string of the molecule is C=CCOC(=O)C(C#N)C1(C#N)CCCCC1. The number of rotatable bonds is 4. The summed E-state index contributed by atoms with van der Waals surface area (Å²) in [5.74, 6) is -1.58. The molecule has 0 N–H and O–H groups in total. The van der Waals surface area contributed by atoms with E-state index in [0.717, 1.165) is 19.3 Å². The number of nitriles is 2. The molecule has 17 heavy (non-hydrogen) atoms. The minimum atomic E-state index is -0.979. The average Bonchev–Trinajstić information content (AvgIpc) is 2.38. The van der Waals surface area contributed by atoms with Crippen molar-refractivity contribution < 1.29 is 9.53 Å². The summed E-state index contributed by atoms with van der Waals surface area (Å²) in [7, 11) is 0. The molecule has 4 heteroatoms. The van der Waals surface area contributed by atoms with E-state index in [1.54, 1.807) is 0 Å². The number of carbonyl (C=O) groups is 1. The molecule has 0 aromatic rings. The summed E-state index contributed by atoms with van der Waals surface area (Å²) in [4.78, 5) is 11.8. The quantitative estimate of drug-likeness (QED) is 0.550. The third-order valence-corrected chi connectivity index (χ3v) is 3.23. The van der Waals surface area contributed by atoms with Crippen molar-refractivity contribution in [1.29, 1.82) is 10.5 Å². The zero-order valence-electron chi connectivity index (χ0n) is 9.82. The Kier molecular flexibility index (Phi) is 4.72. The fraction of sp³-hybridized carbons (Fsp3) is 0.615. The molecule has 0 radical (unpaired) electrons. The average molecular weight is 232 g/mol. The molecule has 0 aliphatic heterocycles. The fourth-order valence-electron chi connectivity index (χ4n) is 2.27. The van der Waals surface area contributed by atoms with Gasteiger partial charge in [0, 0.05) is 0 Å². The van der Waals surface area contributed by atoms with Crippen molar-refractivity contribution >= 4 is 5.97 Å². The van der Waals surface area contributed by atoms with Gasteiger partial charge in [0.05, 0.1) is 17.6 Å². The molecule has 0 aromatic heterocycles. The molecule has 1 rings (SSSR count). The maximum atomic E-state index is 11.8. The molecule has 1 fully saturated rings. The number of nitrogens with zero attached hydrogens (tertiary/aromatic N) is 2. The highest BCUT2D eigenvalue weighted by molar-refractivity contribution is 5.77. The molecule has 0 bridgehead atoms. The van der Waals surface area contributed by atoms with Crippen molar-refractivity contribution in [2.75, 3.05) is 6.61 Å². The third kappa shape index (κ3) is 2.85. The molecule has 1 saturated carbocycles. The van der Waals surface area contributed by atoms with E-state index in [9.17, 15) is 10.1 Å². The van der Waals surface area contributed by atoms with Crippen LogP contribution in [0, 0.1) is 34.0 Å². The summed E-state index contributed by atoms with van der Waals surface area (Å²) in [6.07, 6.45) is 5.49. The van der Waals surface area contributed by atoms with Crippen LogP contribution in [0.15, 0.2) is 12.7 Å². The second-order valence-corrected chi connectivity index (χ2v) is 4.31. The first-order chi connectivity index (χ1) is 8.20. The van der Waals surface area contributed by atoms with E-state index >= 15 is 0 Å². The van der Waals surface area contributed by atoms with E-state index in [1.165, 1.54) is 6.08 Å². The Bertz CT molecular complexity index is 370. The van der Waals surface area contributed by atoms with Crippen LogP contribution < -0.4 is 0 Å². The monoisotopic (exact) mass is 232 g/mol. The molecule has 0 saturated heterocycles. The van der Waals surface area contributed by atoms with Gasteiger partial charge in [0.2, 0.25) is 0 Å². The number of esters is 1. The molecule has 0 spiro atoms. The van der Waals surface area contributed by atoms with Crippen LogP contribution in [0.25, 0.3) is 0 Å². The highest BCUT2D eigenvalue weighted by Crippen LogP contribution is 2.42. The van der Waals surface area contributed by atoms with Crippen molar-refractivity contribution in [3.8, 4) is 12.1 Å². The van der Waals surface area contributed by atoms with Gasteiger partial charge in [0.25, 0.3) is 0 Å². The van der Waals surface area contributed by atoms with Gasteiger partial charge in [-0.1, -0.05) is 31.9 Å². The molecular formula is C13H16N2O2. The number of ether oxygens (including phenoxy) is 1. The van der Waals surface area contributed by atoms with Crippen LogP contribution in [0.2, 0.25) is 0 Å². The largest absolute Gasteiger partial charge is 0.460 e. The Morgan fingerprint density at radius 3 is 2.53 bits per heavy atom. The lowest BCUT2D eigenvalue weighted by atomic mass is 9.67. The van der Waals surface area contributed by atoms with E-state index < -0.39 is 17.3 Å². The van der Waals surface area contributed by atoms with Gasteiger partial charge in [0.1, 0.15) is 6.61 Å². The summed E-state index contributed by atoms with van der Waals surface area (Å²) in [5, 5.41) is 18.4. The van der Waals surface area contributed by atoms with Crippen LogP contribution in [0.1, 0.15) is 32.1 Å². The molecule has 0 amide bonds. The predicted octanol–water partition coefficient (Wildman–Crippen LogP) is 2.33. The van der Waals surface area contributed by atoms with Crippen LogP contribution in [-0.4, -0.2) is 12.6 Å². The summed E-state index contributed by atoms with van der Waals surface area (Å²) in [6, 6.07) is 4.12. The fourth-order valence-corrected chi connectivity index (χ4v) is 2.27. The Balaban J connectivity index is 2.84. The lowest BCUT2D eigenvalue weighted by Gasteiger charge is -2.32. The van der Waals surface area contributed by atoms with Crippen molar-refractivity contribution in [2.24, 2.45) is 11.3 Å². The Morgan fingerprint density at radius 1 is 1.41 bits per heavy atom. The van der Waals surface area contributed by atoms with Crippen LogP contribution >= 0.6 is 0 Å². The molecule has 90 valence electrons. The van der Waals surface area contributed by atoms with E-state index in [-0.39, 0.29) is 6.61 Å². The first-order valence-corrected chi connectivity index (χ1v) is 5.78. The molecule has 1 atom stereocenters. The highest BCUT2D eigenvalue weighted by Gasteiger charge is 2.45. The minimum Gasteiger partial charge on any atom is -0.460 e. The van der Waals surface area contributed by atoms with Crippen molar-refractivity contribution in [2.45, 2.75) is 32.1 Å². The smallest absolute Gasteiger partial charge is 0.325 e. The van der Waals surface area contributed by atoms with Crippen LogP contribution in [0.3, 0.4) is 0 Å². The lowest BCUT2D eigenvalue weighted by Crippen LogP contribution is -2.36. The zero-order valence-corrected chi connectivity index (χ0v) is 9.82. The molecular weight excluding hydrogens is 216 g/mol. The molecule has 1 aliphatic rings. The van der Waals surface area contributed by atoms with E-state index in [1.807, 2.05) is 6.07 Å². The molecule has 0 aromatic carbocycles. The van der Waals surface area contributed by atoms with Crippen LogP contribution in [0.4, 0.5) is 0 Å². The second-order valence-electron chi connectivity index (χ2n) is 4.31. The van der Waals surface area contributed by atoms with Crippen LogP contribution in [-0.2, 0) is 9.53 Å². The number of hydrogen-bond donors (Lipinski definition) is 0. The van der Waals surface area contributed by atoms with E-state index in [2.05, 4.69) is 12.6 Å². The first-order valence-electron chi connectivity index (χ1n) is 5.78. The van der Waals surface area contributed by atoms with Gasteiger partial charge in [-0.3, -0.25) is 4.79 Å². The second kappa shape index (κ2) is 6.06. The summed E-state index contributed by atoms with van der Waals surface area (Å²) in [6.45, 7) is 3.52. The number of hydrogen-bond acceptors (Lipinski definition) is 4. The summed E-state index contributed by atoms with van der Waals surface area (Å²) >= 11 is 0. The van der Waals surface area contributed by atoms with Gasteiger partial charge < -0.3 is 4.74 Å². The Morgan fingerprint density at radius 2 is 2.06 bits per heavy atom. The van der Waals surface area contributed by atoms with Crippen molar-refractivity contribution in [3.63, 3.8) is 0 Å². The first kappa shape index (κ1) is 13.3. The van der Waals surface area contributed by atoms with Gasteiger partial charge in [-0.15, -0.1) is 0 Å². The molecule has 1 aliphatic carbocycles. The maximum Gasteiger partial charge on any atom is 0.325 e. The van der Waals surface area contributed by atoms with E-state index in [0.29, 0.717) is 12.8 Å². The lowest BCUT2D eigenvalue weighted by molar-refractivity contribution is -0.148. The van der Waals surface area contributed by atoms with Gasteiger partial charge >= 0.3 is 5.97 Å². The van der Waals surface area contributed by atoms with Crippen molar-refractivity contribution in [3.05, 3.63) is 12.7 Å². The Hall–Kier alpha value is -1.81. The summed E-state index contributed by atoms with van der Waals surface area (Å²) in [5.41, 5.74) is -0.856. The highest BCUT2D eigenvalue weighted by atomic mass is 16.5. The van der Waals surface area contributed by atoms with Gasteiger partial charge in [-0.05, 0) is 12.8 Å². The third-order valence-electron chi connectivity index (χ3n) is 3.23. The van der Waals surface area contributed by atoms with Gasteiger partial charge in [0.15, 0.2) is 5.92 Å². The van der Waals surface area contributed by atoms with E-state index in [4.69, 9.17) is 10.00 Å². The summed E-state index contributed by atoms with van der Waals surface area (Å²) < 4.78 is 4.89. The molecule has 0 heterocycles. The van der Waals surface area contributed by atoms with Crippen molar-refractivity contribution in [1.82, 2.24) is 0 Å². The zero-order chi connectivity index (χ0) is 12.7. The van der Waals surface area contributed by atoms with Gasteiger partial charge in [-0.2, -0.15) is 10.5 Å². The van der Waals surface area contributed by atoms with Crippen LogP contribution in [0.5, 0.6) is 0 Å². The number of carbonyl (C=O) groups excluding carboxylic acids is 1. The Labute approximate surface area is 101 Å². The van der Waals surface area contributed by atoms with Gasteiger partial charge in [-0.25, -0.2) is 0 Å². The topological polar surface area (TPSA) is 73.9 Å². The predicted molar refractivity (Wildman–Crippen MR) is 61.4 cm³/mol. The standard InChI is InChI=1S/C13H16N2O2/c1-2-8-17-12(16)11(9-14)13(10-15)6-4-3-5-7-13/h2,11H,1,3-8H2. The maximum absolute atomic E-state index is 11.8. The minimum absolute atomic E-state index is 0.0819. The molecule has 1 unspecified atom stereocenters.